The highest BCUT2D eigenvalue weighted by molar-refractivity contribution is 6.39. The molecule has 1 fully saturated rings. The number of benzene rings is 2. The van der Waals surface area contributed by atoms with Crippen LogP contribution in [-0.2, 0) is 25.6 Å². The predicted molar refractivity (Wildman–Crippen MR) is 152 cm³/mol. The normalized spacial score (nSPS) is 15.9. The van der Waals surface area contributed by atoms with Crippen molar-refractivity contribution in [2.75, 3.05) is 0 Å². The number of hydrogen-bond donors (Lipinski definition) is 5. The second-order valence-corrected chi connectivity index (χ2v) is 11.1. The van der Waals surface area contributed by atoms with Crippen molar-refractivity contribution in [1.82, 2.24) is 21.3 Å². The molecule has 40 heavy (non-hydrogen) atoms. The van der Waals surface area contributed by atoms with Crippen LogP contribution in [0, 0.1) is 11.8 Å². The third kappa shape index (κ3) is 8.79. The number of ketones is 1. The first kappa shape index (κ1) is 30.6. The molecule has 0 saturated heterocycles. The first-order chi connectivity index (χ1) is 19.0. The van der Waals surface area contributed by atoms with Gasteiger partial charge in [0.2, 0.25) is 17.6 Å². The second-order valence-electron chi connectivity index (χ2n) is 11.1. The molecule has 0 aliphatic heterocycles. The van der Waals surface area contributed by atoms with E-state index < -0.39 is 47.7 Å². The van der Waals surface area contributed by atoms with Crippen LogP contribution in [0.2, 0.25) is 0 Å². The minimum absolute atomic E-state index is 0.00416. The van der Waals surface area contributed by atoms with E-state index in [0.29, 0.717) is 6.42 Å². The molecule has 4 amide bonds. The Kier molecular flexibility index (Phi) is 10.6. The van der Waals surface area contributed by atoms with E-state index in [1.807, 2.05) is 63.2 Å². The maximum Gasteiger partial charge on any atom is 0.405 e. The Balaban J connectivity index is 1.78. The summed E-state index contributed by atoms with van der Waals surface area (Å²) in [5.41, 5.74) is 0.824. The number of carbonyl (C=O) groups is 5. The Morgan fingerprint density at radius 2 is 1.55 bits per heavy atom. The highest BCUT2D eigenvalue weighted by atomic mass is 16.4. The van der Waals surface area contributed by atoms with Crippen LogP contribution in [-0.4, -0.2) is 58.9 Å². The van der Waals surface area contributed by atoms with Crippen molar-refractivity contribution in [1.29, 1.82) is 0 Å². The minimum Gasteiger partial charge on any atom is -0.465 e. The van der Waals surface area contributed by atoms with Crippen molar-refractivity contribution < 1.29 is 29.1 Å². The van der Waals surface area contributed by atoms with E-state index in [1.54, 1.807) is 6.92 Å². The van der Waals surface area contributed by atoms with Gasteiger partial charge in [-0.25, -0.2) is 4.79 Å². The zero-order chi connectivity index (χ0) is 29.4. The van der Waals surface area contributed by atoms with Gasteiger partial charge in [0.25, 0.3) is 5.91 Å². The highest BCUT2D eigenvalue weighted by Crippen LogP contribution is 2.20. The van der Waals surface area contributed by atoms with E-state index in [2.05, 4.69) is 21.3 Å². The monoisotopic (exact) mass is 552 g/mol. The molecule has 0 bridgehead atoms. The molecule has 1 aliphatic rings. The third-order valence-corrected chi connectivity index (χ3v) is 7.14. The molecule has 0 spiro atoms. The number of carboxylic acid groups (broad SMARTS) is 1. The van der Waals surface area contributed by atoms with Crippen LogP contribution in [0.3, 0.4) is 0 Å². The van der Waals surface area contributed by atoms with Gasteiger partial charge in [0.05, 0.1) is 6.04 Å². The Morgan fingerprint density at radius 1 is 0.875 bits per heavy atom. The van der Waals surface area contributed by atoms with Gasteiger partial charge in [-0.1, -0.05) is 76.6 Å². The number of hydrogen-bond acceptors (Lipinski definition) is 5. The molecule has 5 N–H and O–H groups in total. The van der Waals surface area contributed by atoms with Crippen molar-refractivity contribution in [3.8, 4) is 0 Å². The molecule has 0 radical (unpaired) electrons. The SMILES string of the molecule is CCC(C)C(NC(=O)C(CC(C)C)NC(=O)O)C(=O)C(=O)NC(Cc1ccc2ccccc2c1)C(=O)NC1CC1. The van der Waals surface area contributed by atoms with Crippen LogP contribution < -0.4 is 21.3 Å². The molecule has 0 heterocycles. The Morgan fingerprint density at radius 3 is 2.15 bits per heavy atom. The summed E-state index contributed by atoms with van der Waals surface area (Å²) >= 11 is 0. The summed E-state index contributed by atoms with van der Waals surface area (Å²) in [6.45, 7) is 7.24. The van der Waals surface area contributed by atoms with Crippen molar-refractivity contribution in [3.05, 3.63) is 48.0 Å². The van der Waals surface area contributed by atoms with Crippen molar-refractivity contribution >= 4 is 40.4 Å². The number of nitrogens with one attached hydrogen (secondary N) is 4. The van der Waals surface area contributed by atoms with Gasteiger partial charge in [0.15, 0.2) is 0 Å². The van der Waals surface area contributed by atoms with Gasteiger partial charge in [0, 0.05) is 12.5 Å². The largest absolute Gasteiger partial charge is 0.465 e. The lowest BCUT2D eigenvalue weighted by molar-refractivity contribution is -0.142. The molecule has 10 heteroatoms. The predicted octanol–water partition coefficient (Wildman–Crippen LogP) is 2.93. The molecule has 3 rings (SSSR count). The quantitative estimate of drug-likeness (QED) is 0.227. The molecule has 216 valence electrons. The first-order valence-corrected chi connectivity index (χ1v) is 13.9. The minimum atomic E-state index is -1.36. The summed E-state index contributed by atoms with van der Waals surface area (Å²) in [5.74, 6) is -3.32. The van der Waals surface area contributed by atoms with Crippen LogP contribution in [0.1, 0.15) is 58.9 Å². The third-order valence-electron chi connectivity index (χ3n) is 7.14. The molecule has 2 aromatic carbocycles. The van der Waals surface area contributed by atoms with Crippen LogP contribution in [0.4, 0.5) is 4.79 Å². The summed E-state index contributed by atoms with van der Waals surface area (Å²) in [4.78, 5) is 63.9. The second kappa shape index (κ2) is 13.9. The molecule has 1 saturated carbocycles. The number of Topliss-reactive ketones (excluding diaryl/α,β-unsaturated/α-hetero) is 1. The summed E-state index contributed by atoms with van der Waals surface area (Å²) in [5, 5.41) is 21.5. The molecule has 0 aromatic heterocycles. The number of carbonyl (C=O) groups excluding carboxylic acids is 4. The van der Waals surface area contributed by atoms with Crippen LogP contribution in [0.25, 0.3) is 10.8 Å². The van der Waals surface area contributed by atoms with E-state index in [4.69, 9.17) is 5.11 Å². The summed E-state index contributed by atoms with van der Waals surface area (Å²) in [6, 6.07) is 10.4. The van der Waals surface area contributed by atoms with Crippen molar-refractivity contribution in [3.63, 3.8) is 0 Å². The van der Waals surface area contributed by atoms with Crippen LogP contribution in [0.5, 0.6) is 0 Å². The molecular formula is C30H40N4O6. The van der Waals surface area contributed by atoms with Crippen molar-refractivity contribution in [2.45, 2.75) is 84.0 Å². The smallest absolute Gasteiger partial charge is 0.405 e. The fraction of sp³-hybridized carbons (Fsp3) is 0.500. The average Bonchev–Trinajstić information content (AvgIpc) is 3.73. The number of amides is 4. The van der Waals surface area contributed by atoms with E-state index in [9.17, 15) is 24.0 Å². The lowest BCUT2D eigenvalue weighted by atomic mass is 9.93. The topological polar surface area (TPSA) is 154 Å². The standard InChI is InChI=1S/C30H40N4O6/c1-5-18(4)25(34-28(37)23(14-17(2)3)33-30(39)40)26(35)29(38)32-24(27(36)31-22-12-13-22)16-19-10-11-20-8-6-7-9-21(20)15-19/h6-11,15,17-18,22-25,33H,5,12-14,16H2,1-4H3,(H,31,36)(H,32,38)(H,34,37)(H,39,40). The fourth-order valence-electron chi connectivity index (χ4n) is 4.52. The van der Waals surface area contributed by atoms with Gasteiger partial charge in [-0.3, -0.25) is 19.2 Å². The summed E-state index contributed by atoms with van der Waals surface area (Å²) in [7, 11) is 0. The van der Waals surface area contributed by atoms with Crippen LogP contribution >= 0.6 is 0 Å². The van der Waals surface area contributed by atoms with E-state index >= 15 is 0 Å². The summed E-state index contributed by atoms with van der Waals surface area (Å²) < 4.78 is 0. The first-order valence-electron chi connectivity index (χ1n) is 13.9. The maximum absolute atomic E-state index is 13.4. The van der Waals surface area contributed by atoms with E-state index in [0.717, 1.165) is 29.2 Å². The zero-order valence-corrected chi connectivity index (χ0v) is 23.5. The number of fused-ring (bicyclic) bond motifs is 1. The summed E-state index contributed by atoms with van der Waals surface area (Å²) in [6.07, 6.45) is 1.26. The molecular weight excluding hydrogens is 512 g/mol. The number of rotatable bonds is 14. The van der Waals surface area contributed by atoms with Gasteiger partial charge in [-0.05, 0) is 47.4 Å². The van der Waals surface area contributed by atoms with Gasteiger partial charge < -0.3 is 26.4 Å². The van der Waals surface area contributed by atoms with Gasteiger partial charge in [0.1, 0.15) is 12.1 Å². The van der Waals surface area contributed by atoms with Crippen LogP contribution in [0.15, 0.2) is 42.5 Å². The fourth-order valence-corrected chi connectivity index (χ4v) is 4.52. The lowest BCUT2D eigenvalue weighted by Crippen LogP contribution is -2.58. The van der Waals surface area contributed by atoms with Gasteiger partial charge >= 0.3 is 6.09 Å². The zero-order valence-electron chi connectivity index (χ0n) is 23.5. The molecule has 1 aliphatic carbocycles. The molecule has 4 atom stereocenters. The average molecular weight is 553 g/mol. The van der Waals surface area contributed by atoms with Gasteiger partial charge in [-0.2, -0.15) is 0 Å². The van der Waals surface area contributed by atoms with E-state index in [-0.39, 0.29) is 30.7 Å². The van der Waals surface area contributed by atoms with Crippen molar-refractivity contribution in [2.24, 2.45) is 11.8 Å². The molecule has 4 unspecified atom stereocenters. The lowest BCUT2D eigenvalue weighted by Gasteiger charge is -2.27. The Labute approximate surface area is 234 Å². The van der Waals surface area contributed by atoms with E-state index in [1.165, 1.54) is 0 Å². The van der Waals surface area contributed by atoms with Gasteiger partial charge in [-0.15, -0.1) is 0 Å². The molecule has 10 nitrogen and oxygen atoms in total. The highest BCUT2D eigenvalue weighted by Gasteiger charge is 2.36. The Hall–Kier alpha value is -3.95. The molecule has 2 aromatic rings. The Bertz CT molecular complexity index is 1240. The maximum atomic E-state index is 13.4.